The number of alkyl halides is 3. The quantitative estimate of drug-likeness (QED) is 0.170. The summed E-state index contributed by atoms with van der Waals surface area (Å²) in [5.74, 6) is 1.56. The average molecular weight is 667 g/mol. The van der Waals surface area contributed by atoms with Gasteiger partial charge in [-0.15, -0.1) is 0 Å². The molecule has 252 valence electrons. The molecule has 6 rings (SSSR count). The van der Waals surface area contributed by atoms with Crippen LogP contribution in [0.5, 0.6) is 17.2 Å². The third kappa shape index (κ3) is 7.90. The number of nitrogens with one attached hydrogen (secondary N) is 1. The zero-order valence-corrected chi connectivity index (χ0v) is 27.5. The Hall–Kier alpha value is -5.28. The van der Waals surface area contributed by atoms with Gasteiger partial charge in [-0.25, -0.2) is 0 Å². The molecule has 0 atom stereocenters. The highest BCUT2D eigenvalue weighted by Gasteiger charge is 2.31. The number of ether oxygens (including phenoxy) is 3. The number of hydrogen-bond acceptors (Lipinski definition) is 5. The van der Waals surface area contributed by atoms with Crippen molar-refractivity contribution in [3.05, 3.63) is 120 Å². The van der Waals surface area contributed by atoms with E-state index >= 15 is 0 Å². The smallest absolute Gasteiger partial charge is 0.416 e. The minimum absolute atomic E-state index is 0.0253. The summed E-state index contributed by atoms with van der Waals surface area (Å²) in [5.41, 5.74) is 4.22. The highest BCUT2D eigenvalue weighted by Crippen LogP contribution is 2.39. The second kappa shape index (κ2) is 14.5. The zero-order chi connectivity index (χ0) is 34.5. The molecule has 5 aromatic rings. The summed E-state index contributed by atoms with van der Waals surface area (Å²) in [7, 11) is 5.24. The van der Waals surface area contributed by atoms with E-state index in [4.69, 9.17) is 14.2 Å². The van der Waals surface area contributed by atoms with Crippen molar-refractivity contribution in [2.75, 3.05) is 39.7 Å². The summed E-state index contributed by atoms with van der Waals surface area (Å²) in [6, 6.07) is 30.8. The fourth-order valence-electron chi connectivity index (χ4n) is 6.08. The van der Waals surface area contributed by atoms with Gasteiger partial charge in [-0.05, 0) is 114 Å². The van der Waals surface area contributed by atoms with E-state index in [1.807, 2.05) is 54.6 Å². The van der Waals surface area contributed by atoms with Crippen LogP contribution in [-0.4, -0.2) is 51.3 Å². The minimum atomic E-state index is -4.49. The van der Waals surface area contributed by atoms with Gasteiger partial charge in [0, 0.05) is 29.9 Å². The molecule has 5 aromatic carbocycles. The fraction of sp³-hybridized carbons (Fsp3) is 0.225. The number of hydrogen-bond donors (Lipinski definition) is 1. The van der Waals surface area contributed by atoms with E-state index in [1.165, 1.54) is 6.07 Å². The number of benzene rings is 5. The predicted octanol–water partition coefficient (Wildman–Crippen LogP) is 9.45. The molecule has 0 aromatic heterocycles. The van der Waals surface area contributed by atoms with Crippen molar-refractivity contribution in [2.45, 2.75) is 25.1 Å². The van der Waals surface area contributed by atoms with E-state index in [1.54, 1.807) is 50.6 Å². The molecule has 1 N–H and O–H groups in total. The summed E-state index contributed by atoms with van der Waals surface area (Å²) in [4.78, 5) is 15.8. The molecule has 1 aliphatic heterocycles. The zero-order valence-electron chi connectivity index (χ0n) is 27.5. The third-order valence-corrected chi connectivity index (χ3v) is 8.73. The lowest BCUT2D eigenvalue weighted by Crippen LogP contribution is -2.35. The molecular formula is C40H37F3N2O4. The molecule has 1 fully saturated rings. The largest absolute Gasteiger partial charge is 0.497 e. The first-order chi connectivity index (χ1) is 23.6. The van der Waals surface area contributed by atoms with Crippen LogP contribution in [0.25, 0.3) is 33.4 Å². The number of anilines is 1. The Balaban J connectivity index is 1.32. The summed E-state index contributed by atoms with van der Waals surface area (Å²) in [6.07, 6.45) is -2.73. The molecule has 1 heterocycles. The Bertz CT molecular complexity index is 1950. The molecule has 1 aliphatic rings. The number of carbonyl (C=O) groups is 1. The van der Waals surface area contributed by atoms with E-state index in [2.05, 4.69) is 17.3 Å². The van der Waals surface area contributed by atoms with Gasteiger partial charge in [0.1, 0.15) is 23.4 Å². The molecule has 0 spiro atoms. The molecule has 0 bridgehead atoms. The third-order valence-electron chi connectivity index (χ3n) is 8.73. The number of piperidine rings is 1. The average Bonchev–Trinajstić information content (AvgIpc) is 3.12. The lowest BCUT2D eigenvalue weighted by molar-refractivity contribution is -0.137. The highest BCUT2D eigenvalue weighted by atomic mass is 19.4. The monoisotopic (exact) mass is 666 g/mol. The van der Waals surface area contributed by atoms with Gasteiger partial charge in [-0.1, -0.05) is 42.5 Å². The molecule has 49 heavy (non-hydrogen) atoms. The van der Waals surface area contributed by atoms with Gasteiger partial charge < -0.3 is 24.4 Å². The Morgan fingerprint density at radius 2 is 1.41 bits per heavy atom. The first-order valence-electron chi connectivity index (χ1n) is 16.0. The minimum Gasteiger partial charge on any atom is -0.497 e. The summed E-state index contributed by atoms with van der Waals surface area (Å²) in [6.45, 7) is 1.83. The van der Waals surface area contributed by atoms with E-state index < -0.39 is 11.7 Å². The maximum Gasteiger partial charge on any atom is 0.416 e. The van der Waals surface area contributed by atoms with Crippen molar-refractivity contribution in [3.8, 4) is 50.6 Å². The number of carbonyl (C=O) groups excluding carboxylic acids is 1. The number of rotatable bonds is 9. The molecule has 0 aliphatic carbocycles. The standard InChI is InChI=1S/C40H37F3N2O4/c1-45-19-17-32(18-20-45)49-34-14-15-35(36(25-34)26-7-4-10-30(21-26)40(41,42)43)27-8-5-11-31(22-27)44-39(46)29-13-16-38(48-3)37(24-29)28-9-6-12-33(23-28)47-2/h4-16,21-25,32H,17-20H2,1-3H3,(H,44,46). The van der Waals surface area contributed by atoms with Gasteiger partial charge in [-0.2, -0.15) is 13.2 Å². The van der Waals surface area contributed by atoms with Gasteiger partial charge in [0.2, 0.25) is 0 Å². The van der Waals surface area contributed by atoms with Gasteiger partial charge in [0.15, 0.2) is 0 Å². The number of methoxy groups -OCH3 is 2. The highest BCUT2D eigenvalue weighted by molar-refractivity contribution is 6.05. The summed E-state index contributed by atoms with van der Waals surface area (Å²) < 4.78 is 58.6. The first kappa shape index (κ1) is 33.6. The van der Waals surface area contributed by atoms with Crippen LogP contribution in [0.1, 0.15) is 28.8 Å². The van der Waals surface area contributed by atoms with E-state index in [0.717, 1.165) is 54.8 Å². The van der Waals surface area contributed by atoms with Gasteiger partial charge >= 0.3 is 6.18 Å². The van der Waals surface area contributed by atoms with E-state index in [-0.39, 0.29) is 12.0 Å². The molecule has 0 radical (unpaired) electrons. The van der Waals surface area contributed by atoms with Gasteiger partial charge in [0.25, 0.3) is 5.91 Å². The predicted molar refractivity (Wildman–Crippen MR) is 186 cm³/mol. The molecule has 0 unspecified atom stereocenters. The second-order valence-corrected chi connectivity index (χ2v) is 12.1. The van der Waals surface area contributed by atoms with Crippen LogP contribution in [0.2, 0.25) is 0 Å². The van der Waals surface area contributed by atoms with Crippen LogP contribution in [0.4, 0.5) is 18.9 Å². The van der Waals surface area contributed by atoms with Crippen molar-refractivity contribution >= 4 is 11.6 Å². The lowest BCUT2D eigenvalue weighted by Gasteiger charge is -2.29. The Labute approximate surface area is 284 Å². The maximum absolute atomic E-state index is 13.8. The second-order valence-electron chi connectivity index (χ2n) is 12.1. The number of amides is 1. The van der Waals surface area contributed by atoms with E-state index in [0.29, 0.717) is 45.2 Å². The van der Waals surface area contributed by atoms with E-state index in [9.17, 15) is 18.0 Å². The van der Waals surface area contributed by atoms with Crippen molar-refractivity contribution in [1.29, 1.82) is 0 Å². The van der Waals surface area contributed by atoms with Crippen LogP contribution in [0.3, 0.4) is 0 Å². The van der Waals surface area contributed by atoms with Crippen LogP contribution in [0.15, 0.2) is 109 Å². The normalized spacial score (nSPS) is 13.9. The van der Waals surface area contributed by atoms with Crippen molar-refractivity contribution < 1.29 is 32.2 Å². The van der Waals surface area contributed by atoms with Crippen LogP contribution >= 0.6 is 0 Å². The van der Waals surface area contributed by atoms with Crippen LogP contribution < -0.4 is 19.5 Å². The fourth-order valence-corrected chi connectivity index (χ4v) is 6.08. The number of nitrogens with zero attached hydrogens (tertiary/aromatic N) is 1. The lowest BCUT2D eigenvalue weighted by atomic mass is 9.93. The SMILES string of the molecule is COc1cccc(-c2cc(C(=O)Nc3cccc(-c4ccc(OC5CCN(C)CC5)cc4-c4cccc(C(F)(F)F)c4)c3)ccc2OC)c1. The van der Waals surface area contributed by atoms with Crippen molar-refractivity contribution in [3.63, 3.8) is 0 Å². The molecule has 6 nitrogen and oxygen atoms in total. The molecule has 1 amide bonds. The topological polar surface area (TPSA) is 60.0 Å². The Morgan fingerprint density at radius 1 is 0.714 bits per heavy atom. The Morgan fingerprint density at radius 3 is 2.12 bits per heavy atom. The number of likely N-dealkylation sites (tertiary alicyclic amines) is 1. The van der Waals surface area contributed by atoms with Crippen LogP contribution in [0, 0.1) is 0 Å². The van der Waals surface area contributed by atoms with Crippen molar-refractivity contribution in [1.82, 2.24) is 4.90 Å². The van der Waals surface area contributed by atoms with Gasteiger partial charge in [0.05, 0.1) is 19.8 Å². The summed E-state index contributed by atoms with van der Waals surface area (Å²) in [5, 5.41) is 2.98. The molecule has 1 saturated heterocycles. The first-order valence-corrected chi connectivity index (χ1v) is 16.0. The van der Waals surface area contributed by atoms with Crippen molar-refractivity contribution in [2.24, 2.45) is 0 Å². The molecular weight excluding hydrogens is 629 g/mol. The maximum atomic E-state index is 13.8. The molecule has 0 saturated carbocycles. The Kier molecular flexibility index (Phi) is 9.92. The number of halogens is 3. The van der Waals surface area contributed by atoms with Gasteiger partial charge in [-0.3, -0.25) is 4.79 Å². The summed E-state index contributed by atoms with van der Waals surface area (Å²) >= 11 is 0. The molecule has 9 heteroatoms. The van der Waals surface area contributed by atoms with Crippen LogP contribution in [-0.2, 0) is 6.18 Å².